The fraction of sp³-hybridized carbons (Fsp3) is 0.385. The average Bonchev–Trinajstić information content (AvgIpc) is 2.21. The van der Waals surface area contributed by atoms with Crippen LogP contribution in [-0.4, -0.2) is 15.0 Å². The summed E-state index contributed by atoms with van der Waals surface area (Å²) in [6, 6.07) is 8.85. The van der Waals surface area contributed by atoms with E-state index in [-0.39, 0.29) is 0 Å². The predicted molar refractivity (Wildman–Crippen MR) is 65.2 cm³/mol. The fourth-order valence-electron chi connectivity index (χ4n) is 1.13. The molecule has 1 aromatic carbocycles. The number of benzene rings is 1. The van der Waals surface area contributed by atoms with Crippen molar-refractivity contribution < 1.29 is 0 Å². The summed E-state index contributed by atoms with van der Waals surface area (Å²) in [6.45, 7) is 4.37. The Morgan fingerprint density at radius 1 is 1.21 bits per heavy atom. The molecule has 0 unspecified atom stereocenters. The number of aryl methyl sites for hydroxylation is 1. The van der Waals surface area contributed by atoms with Crippen LogP contribution in [0.5, 0.6) is 0 Å². The van der Waals surface area contributed by atoms with Gasteiger partial charge >= 0.3 is 93.4 Å². The average molecular weight is 253 g/mol. The van der Waals surface area contributed by atoms with Crippen LogP contribution in [-0.2, 0) is 0 Å². The quantitative estimate of drug-likeness (QED) is 0.559. The first-order valence-corrected chi connectivity index (χ1v) is 7.06. The molecule has 0 N–H and O–H groups in total. The van der Waals surface area contributed by atoms with Gasteiger partial charge in [-0.05, 0) is 0 Å². The summed E-state index contributed by atoms with van der Waals surface area (Å²) in [5.74, 6) is 0. The molecule has 76 valence electrons. The molecule has 0 saturated carbocycles. The molecule has 0 heterocycles. The van der Waals surface area contributed by atoms with Crippen LogP contribution in [0.3, 0.4) is 0 Å². The molecule has 0 aliphatic carbocycles. The summed E-state index contributed by atoms with van der Waals surface area (Å²) in [6.07, 6.45) is 6.18. The number of allylic oxidation sites excluding steroid dienone is 1. The van der Waals surface area contributed by atoms with Gasteiger partial charge in [0.1, 0.15) is 0 Å². The molecule has 0 fully saturated rings. The van der Waals surface area contributed by atoms with Crippen molar-refractivity contribution in [2.24, 2.45) is 0 Å². The SMILES string of the molecule is CCCC/C=C\[Se]c1ccc(C)cc1. The molecule has 14 heavy (non-hydrogen) atoms. The summed E-state index contributed by atoms with van der Waals surface area (Å²) in [5, 5.41) is 0. The van der Waals surface area contributed by atoms with Crippen LogP contribution >= 0.6 is 0 Å². The normalized spacial score (nSPS) is 11.0. The summed E-state index contributed by atoms with van der Waals surface area (Å²) in [4.78, 5) is 2.34. The van der Waals surface area contributed by atoms with Gasteiger partial charge in [-0.15, -0.1) is 0 Å². The topological polar surface area (TPSA) is 0 Å². The monoisotopic (exact) mass is 254 g/mol. The van der Waals surface area contributed by atoms with Gasteiger partial charge in [-0.3, -0.25) is 0 Å². The van der Waals surface area contributed by atoms with Gasteiger partial charge in [-0.1, -0.05) is 0 Å². The molecule has 0 aromatic heterocycles. The van der Waals surface area contributed by atoms with Crippen molar-refractivity contribution in [2.45, 2.75) is 33.1 Å². The Kier molecular flexibility index (Phi) is 5.66. The molecule has 0 saturated heterocycles. The molecule has 0 aliphatic rings. The van der Waals surface area contributed by atoms with E-state index >= 15 is 0 Å². The van der Waals surface area contributed by atoms with Gasteiger partial charge in [-0.2, -0.15) is 0 Å². The van der Waals surface area contributed by atoms with Crippen molar-refractivity contribution in [3.8, 4) is 0 Å². The van der Waals surface area contributed by atoms with Crippen molar-refractivity contribution in [3.63, 3.8) is 0 Å². The number of hydrogen-bond acceptors (Lipinski definition) is 0. The zero-order chi connectivity index (χ0) is 10.2. The van der Waals surface area contributed by atoms with E-state index < -0.39 is 0 Å². The zero-order valence-electron chi connectivity index (χ0n) is 8.99. The molecular weight excluding hydrogens is 235 g/mol. The molecule has 0 bridgehead atoms. The second-order valence-corrected chi connectivity index (χ2v) is 5.50. The Bertz CT molecular complexity index is 272. The summed E-state index contributed by atoms with van der Waals surface area (Å²) in [7, 11) is 0. The van der Waals surface area contributed by atoms with Gasteiger partial charge in [-0.25, -0.2) is 0 Å². The minimum atomic E-state index is 0.529. The van der Waals surface area contributed by atoms with E-state index in [0.29, 0.717) is 15.0 Å². The standard InChI is InChI=1S/C13H18Se/c1-3-4-5-6-11-14-13-9-7-12(2)8-10-13/h6-11H,3-5H2,1-2H3/b11-6-. The first-order valence-electron chi connectivity index (χ1n) is 5.21. The maximum atomic E-state index is 2.34. The van der Waals surface area contributed by atoms with Crippen LogP contribution in [0.4, 0.5) is 0 Å². The van der Waals surface area contributed by atoms with Crippen molar-refractivity contribution in [1.82, 2.24) is 0 Å². The number of hydrogen-bond donors (Lipinski definition) is 0. The van der Waals surface area contributed by atoms with E-state index in [1.165, 1.54) is 29.3 Å². The zero-order valence-corrected chi connectivity index (χ0v) is 10.7. The first-order chi connectivity index (χ1) is 6.83. The van der Waals surface area contributed by atoms with E-state index in [2.05, 4.69) is 49.2 Å². The third-order valence-corrected chi connectivity index (χ3v) is 3.88. The Morgan fingerprint density at radius 2 is 1.93 bits per heavy atom. The third-order valence-electron chi connectivity index (χ3n) is 2.05. The molecule has 0 radical (unpaired) electrons. The minimum absolute atomic E-state index is 0.529. The molecule has 1 heteroatoms. The Morgan fingerprint density at radius 3 is 2.57 bits per heavy atom. The number of unbranched alkanes of at least 4 members (excludes halogenated alkanes) is 2. The Labute approximate surface area is 93.6 Å². The van der Waals surface area contributed by atoms with E-state index in [4.69, 9.17) is 0 Å². The molecule has 0 nitrogen and oxygen atoms in total. The van der Waals surface area contributed by atoms with Crippen LogP contribution in [0, 0.1) is 6.92 Å². The van der Waals surface area contributed by atoms with Crippen molar-refractivity contribution in [2.75, 3.05) is 0 Å². The molecule has 0 spiro atoms. The van der Waals surface area contributed by atoms with Crippen LogP contribution in [0.25, 0.3) is 0 Å². The maximum absolute atomic E-state index is 2.34. The summed E-state index contributed by atoms with van der Waals surface area (Å²) in [5.41, 5.74) is 1.35. The molecule has 0 aliphatic heterocycles. The van der Waals surface area contributed by atoms with Gasteiger partial charge < -0.3 is 0 Å². The Balaban J connectivity index is 2.30. The van der Waals surface area contributed by atoms with Crippen LogP contribution in [0.15, 0.2) is 35.3 Å². The molecule has 1 aromatic rings. The predicted octanol–water partition coefficient (Wildman–Crippen LogP) is 3.03. The molecule has 1 rings (SSSR count). The second-order valence-electron chi connectivity index (χ2n) is 3.44. The molecule has 0 amide bonds. The van der Waals surface area contributed by atoms with Crippen LogP contribution < -0.4 is 4.46 Å². The van der Waals surface area contributed by atoms with Gasteiger partial charge in [0, 0.05) is 0 Å². The summed E-state index contributed by atoms with van der Waals surface area (Å²) >= 11 is 0.529. The number of rotatable bonds is 5. The molecule has 0 atom stereocenters. The van der Waals surface area contributed by atoms with Crippen LogP contribution in [0.2, 0.25) is 0 Å². The first kappa shape index (κ1) is 11.6. The van der Waals surface area contributed by atoms with E-state index in [0.717, 1.165) is 0 Å². The summed E-state index contributed by atoms with van der Waals surface area (Å²) < 4.78 is 1.47. The van der Waals surface area contributed by atoms with Crippen molar-refractivity contribution in [1.29, 1.82) is 0 Å². The van der Waals surface area contributed by atoms with E-state index in [1.54, 1.807) is 0 Å². The van der Waals surface area contributed by atoms with Crippen LogP contribution in [0.1, 0.15) is 31.7 Å². The van der Waals surface area contributed by atoms with Gasteiger partial charge in [0.05, 0.1) is 0 Å². The Hall–Kier alpha value is -0.521. The van der Waals surface area contributed by atoms with Crippen molar-refractivity contribution >= 4 is 19.4 Å². The van der Waals surface area contributed by atoms with E-state index in [1.807, 2.05) is 0 Å². The fourth-order valence-corrected chi connectivity index (χ4v) is 2.57. The van der Waals surface area contributed by atoms with Gasteiger partial charge in [0.15, 0.2) is 0 Å². The second kappa shape index (κ2) is 6.86. The molecular formula is C13H18Se. The third kappa shape index (κ3) is 4.64. The van der Waals surface area contributed by atoms with Gasteiger partial charge in [0.25, 0.3) is 0 Å². The van der Waals surface area contributed by atoms with Crippen molar-refractivity contribution in [3.05, 3.63) is 40.9 Å². The van der Waals surface area contributed by atoms with Gasteiger partial charge in [0.2, 0.25) is 0 Å². The van der Waals surface area contributed by atoms with E-state index in [9.17, 15) is 0 Å².